The topological polar surface area (TPSA) is 110 Å². The number of aromatic nitrogens is 1. The third-order valence-corrected chi connectivity index (χ3v) is 7.26. The summed E-state index contributed by atoms with van der Waals surface area (Å²) >= 11 is 0. The number of allylic oxidation sites excluding steroid dienone is 1. The van der Waals surface area contributed by atoms with Crippen molar-refractivity contribution in [3.63, 3.8) is 0 Å². The van der Waals surface area contributed by atoms with Gasteiger partial charge in [0.1, 0.15) is 12.4 Å². The smallest absolute Gasteiger partial charge is 0.256 e. The molecule has 2 aromatic rings. The highest BCUT2D eigenvalue weighted by Crippen LogP contribution is 2.38. The van der Waals surface area contributed by atoms with Crippen molar-refractivity contribution in [2.75, 3.05) is 49.9 Å². The molecule has 0 radical (unpaired) electrons. The van der Waals surface area contributed by atoms with E-state index in [4.69, 9.17) is 0 Å². The molecule has 0 spiro atoms. The number of aromatic amines is 1. The van der Waals surface area contributed by atoms with E-state index in [1.165, 1.54) is 38.4 Å². The molecule has 42 heavy (non-hydrogen) atoms. The Morgan fingerprint density at radius 3 is 2.38 bits per heavy atom. The minimum Gasteiger partial charge on any atom is -0.359 e. The first-order valence-corrected chi connectivity index (χ1v) is 15.0. The molecule has 2 amide bonds. The second-order valence-electron chi connectivity index (χ2n) is 10.9. The average Bonchev–Trinajstić information content (AvgIpc) is 3.46. The number of H-pyrrole nitrogens is 1. The Morgan fingerprint density at radius 2 is 1.83 bits per heavy atom. The van der Waals surface area contributed by atoms with E-state index in [0.717, 1.165) is 61.4 Å². The molecular formula is C32H45FN6O3. The number of nitrogens with one attached hydrogen (secondary N) is 3. The van der Waals surface area contributed by atoms with Gasteiger partial charge < -0.3 is 25.4 Å². The second kappa shape index (κ2) is 16.0. The van der Waals surface area contributed by atoms with Gasteiger partial charge >= 0.3 is 0 Å². The van der Waals surface area contributed by atoms with E-state index in [1.54, 1.807) is 12.1 Å². The van der Waals surface area contributed by atoms with Crippen LogP contribution in [0.1, 0.15) is 75.4 Å². The van der Waals surface area contributed by atoms with Gasteiger partial charge in [-0.05, 0) is 95.0 Å². The molecule has 9 nitrogen and oxygen atoms in total. The molecule has 1 saturated carbocycles. The van der Waals surface area contributed by atoms with E-state index >= 15 is 0 Å². The Bertz CT molecular complexity index is 1300. The van der Waals surface area contributed by atoms with E-state index < -0.39 is 5.82 Å². The van der Waals surface area contributed by atoms with Crippen LogP contribution in [0.15, 0.2) is 34.6 Å². The third-order valence-electron chi connectivity index (χ3n) is 7.26. The highest BCUT2D eigenvalue weighted by atomic mass is 19.1. The van der Waals surface area contributed by atoms with Gasteiger partial charge in [0.05, 0.1) is 16.9 Å². The van der Waals surface area contributed by atoms with Gasteiger partial charge in [0, 0.05) is 42.3 Å². The van der Waals surface area contributed by atoms with Crippen molar-refractivity contribution >= 4 is 35.3 Å². The number of nitroso groups, excluding NO2 is 1. The van der Waals surface area contributed by atoms with Crippen LogP contribution in [0.3, 0.4) is 0 Å². The molecule has 1 saturated heterocycles. The van der Waals surface area contributed by atoms with E-state index in [-0.39, 0.29) is 18.1 Å². The number of hydrogen-bond donors (Lipinski definition) is 3. The van der Waals surface area contributed by atoms with Crippen molar-refractivity contribution in [2.24, 2.45) is 5.18 Å². The molecule has 2 fully saturated rings. The lowest BCUT2D eigenvalue weighted by atomic mass is 10.0. The van der Waals surface area contributed by atoms with E-state index in [1.807, 2.05) is 31.7 Å². The van der Waals surface area contributed by atoms with Crippen LogP contribution in [0.5, 0.6) is 0 Å². The summed E-state index contributed by atoms with van der Waals surface area (Å²) in [7, 11) is 0. The number of halogens is 1. The molecule has 1 aromatic carbocycles. The van der Waals surface area contributed by atoms with Crippen molar-refractivity contribution < 1.29 is 14.0 Å². The van der Waals surface area contributed by atoms with Crippen molar-refractivity contribution in [3.05, 3.63) is 62.7 Å². The number of likely N-dealkylation sites (tertiary alicyclic amines) is 1. The Hall–Kier alpha value is -3.79. The first-order chi connectivity index (χ1) is 20.2. The fourth-order valence-electron chi connectivity index (χ4n) is 4.89. The van der Waals surface area contributed by atoms with Crippen molar-refractivity contribution in [3.8, 4) is 0 Å². The van der Waals surface area contributed by atoms with Gasteiger partial charge in [0.2, 0.25) is 6.41 Å². The van der Waals surface area contributed by atoms with Crippen LogP contribution < -0.4 is 10.6 Å². The number of rotatable bonds is 10. The van der Waals surface area contributed by atoms with Gasteiger partial charge in [0.25, 0.3) is 5.91 Å². The van der Waals surface area contributed by atoms with Gasteiger partial charge in [-0.3, -0.25) is 9.59 Å². The van der Waals surface area contributed by atoms with Crippen LogP contribution in [-0.2, 0) is 9.59 Å². The van der Waals surface area contributed by atoms with Crippen LogP contribution in [0, 0.1) is 24.6 Å². The summed E-state index contributed by atoms with van der Waals surface area (Å²) in [5.41, 5.74) is 6.24. The maximum Gasteiger partial charge on any atom is 0.256 e. The zero-order chi connectivity index (χ0) is 30.6. The lowest BCUT2D eigenvalue weighted by Crippen LogP contribution is -2.32. The largest absolute Gasteiger partial charge is 0.359 e. The summed E-state index contributed by atoms with van der Waals surface area (Å²) < 4.78 is 14.7. The normalized spacial score (nSPS) is 16.1. The van der Waals surface area contributed by atoms with Crippen molar-refractivity contribution in [2.45, 2.75) is 66.7 Å². The predicted molar refractivity (Wildman–Crippen MR) is 169 cm³/mol. The monoisotopic (exact) mass is 580 g/mol. The summed E-state index contributed by atoms with van der Waals surface area (Å²) in [5.74, 6) is -0.760. The van der Waals surface area contributed by atoms with Crippen LogP contribution in [-0.4, -0.2) is 66.4 Å². The standard InChI is InChI=1S/C20H19FN4O2.C9H18N2O.C3H8/c1-10-5-11(2)23-16(10)7-14-13-6-15(21)18(8-17(13)25-20(14)26)24-19(9-22-27)12-3-4-12;1-2-10(9-12)7-8-11-5-3-4-6-11;1-3-2/h5-8,23-24H,3-4,9H2,1-2H3,(H,25,26);9H,2-8H2,1H3;3H2,1-2H3/b14-7-;;. The summed E-state index contributed by atoms with van der Waals surface area (Å²) in [4.78, 5) is 40.9. The lowest BCUT2D eigenvalue weighted by molar-refractivity contribution is -0.118. The van der Waals surface area contributed by atoms with Crippen molar-refractivity contribution in [1.29, 1.82) is 0 Å². The molecule has 3 N–H and O–H groups in total. The van der Waals surface area contributed by atoms with Gasteiger partial charge in [0.15, 0.2) is 0 Å². The number of hydrogen-bond acceptors (Lipinski definition) is 6. The fraction of sp³-hybridized carbons (Fsp3) is 0.500. The molecule has 10 heteroatoms. The van der Waals surface area contributed by atoms with Gasteiger partial charge in [-0.15, -0.1) is 0 Å². The minimum absolute atomic E-state index is 0.0190. The quantitative estimate of drug-likeness (QED) is 0.170. The lowest BCUT2D eigenvalue weighted by Gasteiger charge is -2.19. The van der Waals surface area contributed by atoms with Gasteiger partial charge in [-0.2, -0.15) is 4.91 Å². The number of aryl methyl sites for hydroxylation is 2. The summed E-state index contributed by atoms with van der Waals surface area (Å²) in [6, 6.07) is 4.89. The second-order valence-corrected chi connectivity index (χ2v) is 10.9. The van der Waals surface area contributed by atoms with Gasteiger partial charge in [-0.1, -0.05) is 25.4 Å². The number of likely N-dealkylation sites (N-methyl/N-ethyl adjacent to an activating group) is 1. The Labute approximate surface area is 248 Å². The molecule has 228 valence electrons. The molecule has 1 aliphatic carbocycles. The Morgan fingerprint density at radius 1 is 1.14 bits per heavy atom. The number of benzene rings is 1. The number of amides is 2. The number of carbonyl (C=O) groups is 2. The summed E-state index contributed by atoms with van der Waals surface area (Å²) in [6.45, 7) is 15.3. The van der Waals surface area contributed by atoms with Crippen LogP contribution in [0.4, 0.5) is 15.8 Å². The number of anilines is 2. The summed E-state index contributed by atoms with van der Waals surface area (Å²) in [6.07, 6.45) is 8.37. The SMILES string of the molecule is CCC.CCN(C=O)CCN1CCCC1.Cc1cc(C)c(/C=C2\C(=O)Nc3cc(NC(CN=O)=C4CC4)c(F)cc32)[nH]1. The molecule has 3 aliphatic rings. The number of fused-ring (bicyclic) bond motifs is 1. The number of nitrogens with zero attached hydrogens (tertiary/aromatic N) is 3. The zero-order valence-corrected chi connectivity index (χ0v) is 25.6. The highest BCUT2D eigenvalue weighted by Gasteiger charge is 2.27. The predicted octanol–water partition coefficient (Wildman–Crippen LogP) is 6.47. The van der Waals surface area contributed by atoms with E-state index in [2.05, 4.69) is 39.5 Å². The highest BCUT2D eigenvalue weighted by molar-refractivity contribution is 6.35. The van der Waals surface area contributed by atoms with Crippen LogP contribution in [0.25, 0.3) is 11.6 Å². The van der Waals surface area contributed by atoms with E-state index in [0.29, 0.717) is 22.5 Å². The molecule has 0 atom stereocenters. The molecule has 3 heterocycles. The average molecular weight is 581 g/mol. The molecule has 0 unspecified atom stereocenters. The zero-order valence-electron chi connectivity index (χ0n) is 25.6. The maximum absolute atomic E-state index is 14.7. The van der Waals surface area contributed by atoms with Crippen LogP contribution in [0.2, 0.25) is 0 Å². The molecule has 5 rings (SSSR count). The van der Waals surface area contributed by atoms with Gasteiger partial charge in [-0.25, -0.2) is 4.39 Å². The Kier molecular flexibility index (Phi) is 12.5. The minimum atomic E-state index is -0.486. The molecular weight excluding hydrogens is 535 g/mol. The first kappa shape index (κ1) is 32.7. The third kappa shape index (κ3) is 9.11. The molecule has 0 bridgehead atoms. The number of carbonyl (C=O) groups excluding carboxylic acids is 2. The molecule has 2 aliphatic heterocycles. The van der Waals surface area contributed by atoms with E-state index in [9.17, 15) is 18.9 Å². The Balaban J connectivity index is 0.000000270. The van der Waals surface area contributed by atoms with Crippen LogP contribution >= 0.6 is 0 Å². The first-order valence-electron chi connectivity index (χ1n) is 15.0. The fourth-order valence-corrected chi connectivity index (χ4v) is 4.89. The summed E-state index contributed by atoms with van der Waals surface area (Å²) in [5, 5.41) is 8.65. The molecule has 1 aromatic heterocycles. The van der Waals surface area contributed by atoms with Crippen molar-refractivity contribution in [1.82, 2.24) is 14.8 Å². The maximum atomic E-state index is 14.7.